The highest BCUT2D eigenvalue weighted by Crippen LogP contribution is 2.32. The van der Waals surface area contributed by atoms with E-state index in [9.17, 15) is 5.11 Å². The minimum Gasteiger partial charge on any atom is -0.394 e. The first-order valence-corrected chi connectivity index (χ1v) is 12.1. The number of benzene rings is 1. The van der Waals surface area contributed by atoms with Gasteiger partial charge < -0.3 is 20.5 Å². The second-order valence-corrected chi connectivity index (χ2v) is 8.56. The summed E-state index contributed by atoms with van der Waals surface area (Å²) >= 11 is 0. The second-order valence-electron chi connectivity index (χ2n) is 8.56. The van der Waals surface area contributed by atoms with E-state index in [1.807, 2.05) is 42.8 Å². The Morgan fingerprint density at radius 1 is 1.29 bits per heavy atom. The van der Waals surface area contributed by atoms with E-state index in [4.69, 9.17) is 14.7 Å². The third kappa shape index (κ3) is 5.67. The van der Waals surface area contributed by atoms with Crippen molar-refractivity contribution in [2.24, 2.45) is 0 Å². The van der Waals surface area contributed by atoms with Gasteiger partial charge in [-0.25, -0.2) is 15.0 Å². The van der Waals surface area contributed by atoms with Gasteiger partial charge in [0.05, 0.1) is 25.6 Å². The Bertz CT molecular complexity index is 1190. The minimum absolute atomic E-state index is 0.0174. The van der Waals surface area contributed by atoms with Gasteiger partial charge in [0.1, 0.15) is 12.1 Å². The van der Waals surface area contributed by atoms with E-state index in [1.165, 1.54) is 5.56 Å². The molecule has 184 valence electrons. The van der Waals surface area contributed by atoms with Crippen LogP contribution in [0.1, 0.15) is 43.3 Å². The fourth-order valence-corrected chi connectivity index (χ4v) is 4.49. The number of hydrogen-bond donors (Lipinski definition) is 3. The van der Waals surface area contributed by atoms with Crippen molar-refractivity contribution in [3.63, 3.8) is 0 Å². The zero-order chi connectivity index (χ0) is 24.6. The molecule has 1 aromatic carbocycles. The standard InChI is InChI=1S/C27H34N6O2/c1-4-9-19(10-5-2)22(20-11-7-6-8-12-20)15-29-26-25-27(32-23(31-26)16-28-3)33(18-30-25)24-14-13-21(17-34)35-24/h4-12,18,21-22,24,28,34H,1,13-17H2,2-3H3,(H,29,31,32)/b10-5-,19-9+. The van der Waals surface area contributed by atoms with E-state index < -0.39 is 0 Å². The van der Waals surface area contributed by atoms with Crippen LogP contribution >= 0.6 is 0 Å². The molecular weight excluding hydrogens is 440 g/mol. The van der Waals surface area contributed by atoms with Gasteiger partial charge in [-0.15, -0.1) is 0 Å². The van der Waals surface area contributed by atoms with Gasteiger partial charge in [0.2, 0.25) is 0 Å². The van der Waals surface area contributed by atoms with Crippen LogP contribution in [0.4, 0.5) is 5.82 Å². The number of fused-ring (bicyclic) bond motifs is 1. The summed E-state index contributed by atoms with van der Waals surface area (Å²) in [7, 11) is 1.87. The number of aliphatic hydroxyl groups excluding tert-OH is 1. The van der Waals surface area contributed by atoms with E-state index in [0.717, 1.165) is 24.1 Å². The van der Waals surface area contributed by atoms with Crippen molar-refractivity contribution in [1.29, 1.82) is 0 Å². The van der Waals surface area contributed by atoms with Gasteiger partial charge in [-0.05, 0) is 37.9 Å². The lowest BCUT2D eigenvalue weighted by atomic mass is 9.90. The number of ether oxygens (including phenoxy) is 1. The molecule has 35 heavy (non-hydrogen) atoms. The van der Waals surface area contributed by atoms with Crippen molar-refractivity contribution in [3.8, 4) is 0 Å². The van der Waals surface area contributed by atoms with E-state index in [-0.39, 0.29) is 24.9 Å². The largest absolute Gasteiger partial charge is 0.394 e. The highest BCUT2D eigenvalue weighted by molar-refractivity contribution is 5.83. The molecule has 0 amide bonds. The van der Waals surface area contributed by atoms with Gasteiger partial charge >= 0.3 is 0 Å². The molecule has 1 aliphatic rings. The number of rotatable bonds is 11. The van der Waals surface area contributed by atoms with E-state index in [0.29, 0.717) is 30.2 Å². The minimum atomic E-state index is -0.198. The number of anilines is 1. The predicted octanol–water partition coefficient (Wildman–Crippen LogP) is 4.10. The Balaban J connectivity index is 1.69. The third-order valence-corrected chi connectivity index (χ3v) is 6.15. The van der Waals surface area contributed by atoms with Gasteiger partial charge in [-0.1, -0.05) is 61.2 Å². The van der Waals surface area contributed by atoms with Crippen molar-refractivity contribution < 1.29 is 9.84 Å². The molecule has 8 heteroatoms. The summed E-state index contributed by atoms with van der Waals surface area (Å²) in [6.07, 6.45) is 11.1. The number of imidazole rings is 1. The molecule has 0 saturated carbocycles. The number of hydrogen-bond acceptors (Lipinski definition) is 7. The van der Waals surface area contributed by atoms with E-state index in [2.05, 4.69) is 52.5 Å². The van der Waals surface area contributed by atoms with Crippen molar-refractivity contribution >= 4 is 17.0 Å². The van der Waals surface area contributed by atoms with Gasteiger partial charge in [0.15, 0.2) is 17.0 Å². The monoisotopic (exact) mass is 474 g/mol. The Morgan fingerprint density at radius 2 is 2.11 bits per heavy atom. The molecule has 3 atom stereocenters. The maximum Gasteiger partial charge on any atom is 0.167 e. The lowest BCUT2D eigenvalue weighted by Crippen LogP contribution is -2.18. The molecule has 1 aliphatic heterocycles. The molecule has 0 radical (unpaired) electrons. The number of allylic oxidation sites excluding steroid dienone is 4. The molecule has 3 unspecified atom stereocenters. The summed E-state index contributed by atoms with van der Waals surface area (Å²) in [5, 5.41) is 16.2. The topological polar surface area (TPSA) is 97.1 Å². The van der Waals surface area contributed by atoms with Crippen molar-refractivity contribution in [3.05, 3.63) is 84.5 Å². The third-order valence-electron chi connectivity index (χ3n) is 6.15. The van der Waals surface area contributed by atoms with Crippen LogP contribution in [0, 0.1) is 0 Å². The molecule has 0 bridgehead atoms. The first-order chi connectivity index (χ1) is 17.2. The molecule has 2 aromatic heterocycles. The summed E-state index contributed by atoms with van der Waals surface area (Å²) in [5.41, 5.74) is 3.78. The summed E-state index contributed by atoms with van der Waals surface area (Å²) in [6, 6.07) is 10.4. The number of aromatic nitrogens is 4. The van der Waals surface area contributed by atoms with Crippen LogP contribution in [0.5, 0.6) is 0 Å². The lowest BCUT2D eigenvalue weighted by molar-refractivity contribution is -0.0207. The van der Waals surface area contributed by atoms with Crippen LogP contribution in [0.2, 0.25) is 0 Å². The molecule has 4 rings (SSSR count). The second kappa shape index (κ2) is 11.9. The molecule has 3 heterocycles. The first-order valence-electron chi connectivity index (χ1n) is 12.1. The van der Waals surface area contributed by atoms with Crippen molar-refractivity contribution in [2.45, 2.75) is 44.6 Å². The zero-order valence-corrected chi connectivity index (χ0v) is 20.4. The number of aliphatic hydroxyl groups is 1. The van der Waals surface area contributed by atoms with Gasteiger partial charge in [0, 0.05) is 12.5 Å². The Kier molecular flexibility index (Phi) is 8.41. The normalized spacial score (nSPS) is 19.5. The number of nitrogens with zero attached hydrogens (tertiary/aromatic N) is 4. The van der Waals surface area contributed by atoms with E-state index in [1.54, 1.807) is 6.33 Å². The molecule has 1 saturated heterocycles. The highest BCUT2D eigenvalue weighted by Gasteiger charge is 2.28. The first kappa shape index (κ1) is 24.8. The van der Waals surface area contributed by atoms with Crippen LogP contribution in [-0.4, -0.2) is 50.9 Å². The van der Waals surface area contributed by atoms with Gasteiger partial charge in [0.25, 0.3) is 0 Å². The Morgan fingerprint density at radius 3 is 2.80 bits per heavy atom. The number of nitrogens with one attached hydrogen (secondary N) is 2. The zero-order valence-electron chi connectivity index (χ0n) is 20.4. The maximum atomic E-state index is 9.48. The smallest absolute Gasteiger partial charge is 0.167 e. The summed E-state index contributed by atoms with van der Waals surface area (Å²) in [6.45, 7) is 7.09. The fraction of sp³-hybridized carbons (Fsp3) is 0.370. The average molecular weight is 475 g/mol. The fourth-order valence-electron chi connectivity index (χ4n) is 4.49. The molecule has 0 spiro atoms. The summed E-state index contributed by atoms with van der Waals surface area (Å²) in [4.78, 5) is 14.2. The predicted molar refractivity (Wildman–Crippen MR) is 139 cm³/mol. The quantitative estimate of drug-likeness (QED) is 0.360. The van der Waals surface area contributed by atoms with Crippen molar-refractivity contribution in [2.75, 3.05) is 25.5 Å². The van der Waals surface area contributed by atoms with E-state index >= 15 is 0 Å². The molecule has 8 nitrogen and oxygen atoms in total. The molecule has 3 N–H and O–H groups in total. The van der Waals surface area contributed by atoms with Crippen LogP contribution in [0.25, 0.3) is 11.2 Å². The lowest BCUT2D eigenvalue weighted by Gasteiger charge is -2.20. The SMILES string of the molecule is C=C/C=C(\C=C/C)C(CNc1nc(CNC)nc2c1ncn2C1CCC(CO)O1)c1ccccc1. The Labute approximate surface area is 206 Å². The maximum absolute atomic E-state index is 9.48. The van der Waals surface area contributed by atoms with Gasteiger partial charge in [-0.2, -0.15) is 0 Å². The molecular formula is C27H34N6O2. The molecule has 3 aromatic rings. The van der Waals surface area contributed by atoms with Crippen LogP contribution in [-0.2, 0) is 11.3 Å². The Hall–Kier alpha value is -3.33. The van der Waals surface area contributed by atoms with Gasteiger partial charge in [-0.3, -0.25) is 4.57 Å². The van der Waals surface area contributed by atoms with Crippen LogP contribution < -0.4 is 10.6 Å². The molecule has 1 fully saturated rings. The van der Waals surface area contributed by atoms with Crippen molar-refractivity contribution in [1.82, 2.24) is 24.8 Å². The molecule has 0 aliphatic carbocycles. The summed E-state index contributed by atoms with van der Waals surface area (Å²) < 4.78 is 7.95. The summed E-state index contributed by atoms with van der Waals surface area (Å²) in [5.74, 6) is 1.45. The average Bonchev–Trinajstić information content (AvgIpc) is 3.52. The van der Waals surface area contributed by atoms with Crippen LogP contribution in [0.15, 0.2) is 73.1 Å². The highest BCUT2D eigenvalue weighted by atomic mass is 16.5. The van der Waals surface area contributed by atoms with Crippen LogP contribution in [0.3, 0.4) is 0 Å².